The Bertz CT molecular complexity index is 251. The Morgan fingerprint density at radius 2 is 2.06 bits per heavy atom. The molecule has 96 valence electrons. The van der Waals surface area contributed by atoms with Crippen LogP contribution in [0.15, 0.2) is 0 Å². The number of carbonyl (C=O) groups is 1. The van der Waals surface area contributed by atoms with Crippen LogP contribution >= 0.6 is 12.4 Å². The molecule has 0 aromatic heterocycles. The molecule has 0 bridgehead atoms. The quantitative estimate of drug-likeness (QED) is 0.832. The molecular formula is C12H25ClN2O. The average Bonchev–Trinajstić information content (AvgIpc) is 2.44. The van der Waals surface area contributed by atoms with Gasteiger partial charge in [0.15, 0.2) is 0 Å². The van der Waals surface area contributed by atoms with Crippen LogP contribution in [0.1, 0.15) is 47.0 Å². The van der Waals surface area contributed by atoms with Gasteiger partial charge in [0.25, 0.3) is 0 Å². The number of rotatable bonds is 3. The van der Waals surface area contributed by atoms with Crippen LogP contribution in [-0.4, -0.2) is 29.4 Å². The molecule has 1 fully saturated rings. The van der Waals surface area contributed by atoms with Gasteiger partial charge in [-0.25, -0.2) is 0 Å². The summed E-state index contributed by atoms with van der Waals surface area (Å²) in [6.45, 7) is 10.0. The lowest BCUT2D eigenvalue weighted by atomic mass is 9.92. The molecule has 1 aliphatic rings. The minimum Gasteiger partial charge on any atom is -0.341 e. The van der Waals surface area contributed by atoms with Crippen LogP contribution in [-0.2, 0) is 4.79 Å². The number of hydrogen-bond acceptors (Lipinski definition) is 2. The molecule has 0 spiro atoms. The molecule has 16 heavy (non-hydrogen) atoms. The van der Waals surface area contributed by atoms with Crippen molar-refractivity contribution in [2.45, 2.75) is 52.5 Å². The second-order valence-corrected chi connectivity index (χ2v) is 5.81. The molecule has 0 aromatic rings. The van der Waals surface area contributed by atoms with Crippen molar-refractivity contribution in [2.24, 2.45) is 11.1 Å². The van der Waals surface area contributed by atoms with Crippen molar-refractivity contribution in [2.75, 3.05) is 13.1 Å². The summed E-state index contributed by atoms with van der Waals surface area (Å²) in [5.41, 5.74) is 5.64. The predicted octanol–water partition coefficient (Wildman–Crippen LogP) is 2.18. The molecule has 1 atom stereocenters. The number of amides is 1. The number of hydrogen-bond donors (Lipinski definition) is 1. The first-order valence-corrected chi connectivity index (χ1v) is 5.87. The summed E-state index contributed by atoms with van der Waals surface area (Å²) in [5, 5.41) is 0. The lowest BCUT2D eigenvalue weighted by Crippen LogP contribution is -2.52. The van der Waals surface area contributed by atoms with Crippen molar-refractivity contribution < 1.29 is 4.79 Å². The number of likely N-dealkylation sites (tertiary alicyclic amines) is 1. The molecule has 0 aromatic carbocycles. The zero-order valence-electron chi connectivity index (χ0n) is 10.9. The van der Waals surface area contributed by atoms with Gasteiger partial charge in [-0.1, -0.05) is 27.2 Å². The number of nitrogens with zero attached hydrogens (tertiary/aromatic N) is 1. The standard InChI is InChI=1S/C12H24N2O.ClH/c1-5-6-12(4,13)10(15)14-8-7-11(2,3)9-14;/h5-9,13H2,1-4H3;1H. The van der Waals surface area contributed by atoms with Gasteiger partial charge < -0.3 is 10.6 Å². The molecular weight excluding hydrogens is 224 g/mol. The fraction of sp³-hybridized carbons (Fsp3) is 0.917. The molecule has 1 aliphatic heterocycles. The van der Waals surface area contributed by atoms with Crippen molar-refractivity contribution >= 4 is 18.3 Å². The number of nitrogens with two attached hydrogens (primary N) is 1. The lowest BCUT2D eigenvalue weighted by Gasteiger charge is -2.29. The number of carbonyl (C=O) groups excluding carboxylic acids is 1. The van der Waals surface area contributed by atoms with Gasteiger partial charge in [0.1, 0.15) is 0 Å². The van der Waals surface area contributed by atoms with Crippen molar-refractivity contribution in [3.63, 3.8) is 0 Å². The van der Waals surface area contributed by atoms with Crippen molar-refractivity contribution in [3.8, 4) is 0 Å². The molecule has 3 nitrogen and oxygen atoms in total. The summed E-state index contributed by atoms with van der Waals surface area (Å²) < 4.78 is 0. The Kier molecular flexibility index (Phi) is 5.27. The Labute approximate surface area is 105 Å². The molecule has 1 amide bonds. The molecule has 2 N–H and O–H groups in total. The SMILES string of the molecule is CCCC(C)(N)C(=O)N1CCC(C)(C)C1.Cl. The highest BCUT2D eigenvalue weighted by Crippen LogP contribution is 2.30. The zero-order chi connectivity index (χ0) is 11.7. The first kappa shape index (κ1) is 15.7. The molecule has 1 rings (SSSR count). The van der Waals surface area contributed by atoms with E-state index in [2.05, 4.69) is 20.8 Å². The van der Waals surface area contributed by atoms with Crippen LogP contribution in [0.4, 0.5) is 0 Å². The Balaban J connectivity index is 0.00000225. The minimum atomic E-state index is -0.671. The Hall–Kier alpha value is -0.280. The van der Waals surface area contributed by atoms with E-state index in [9.17, 15) is 4.79 Å². The molecule has 0 aliphatic carbocycles. The van der Waals surface area contributed by atoms with Crippen LogP contribution < -0.4 is 5.73 Å². The van der Waals surface area contributed by atoms with Crippen molar-refractivity contribution in [1.29, 1.82) is 0 Å². The van der Waals surface area contributed by atoms with Crippen LogP contribution in [0, 0.1) is 5.41 Å². The lowest BCUT2D eigenvalue weighted by molar-refractivity contribution is -0.135. The molecule has 1 saturated heterocycles. The second kappa shape index (κ2) is 5.37. The van der Waals surface area contributed by atoms with Gasteiger partial charge >= 0.3 is 0 Å². The molecule has 0 saturated carbocycles. The molecule has 1 unspecified atom stereocenters. The summed E-state index contributed by atoms with van der Waals surface area (Å²) in [5.74, 6) is 0.120. The maximum atomic E-state index is 12.1. The van der Waals surface area contributed by atoms with Gasteiger partial charge in [0.05, 0.1) is 5.54 Å². The van der Waals surface area contributed by atoms with Gasteiger partial charge in [-0.3, -0.25) is 4.79 Å². The highest BCUT2D eigenvalue weighted by molar-refractivity contribution is 5.86. The molecule has 0 radical (unpaired) electrons. The summed E-state index contributed by atoms with van der Waals surface area (Å²) in [6.07, 6.45) is 2.81. The Morgan fingerprint density at radius 1 is 1.50 bits per heavy atom. The van der Waals surface area contributed by atoms with Crippen LogP contribution in [0.25, 0.3) is 0 Å². The maximum absolute atomic E-state index is 12.1. The third kappa shape index (κ3) is 3.63. The fourth-order valence-electron chi connectivity index (χ4n) is 2.27. The summed E-state index contributed by atoms with van der Waals surface area (Å²) in [7, 11) is 0. The molecule has 1 heterocycles. The van der Waals surface area contributed by atoms with E-state index < -0.39 is 5.54 Å². The second-order valence-electron chi connectivity index (χ2n) is 5.81. The minimum absolute atomic E-state index is 0. The first-order chi connectivity index (χ1) is 6.78. The summed E-state index contributed by atoms with van der Waals surface area (Å²) in [6, 6.07) is 0. The maximum Gasteiger partial charge on any atom is 0.242 e. The van der Waals surface area contributed by atoms with E-state index in [1.54, 1.807) is 0 Å². The third-order valence-corrected chi connectivity index (χ3v) is 3.22. The van der Waals surface area contributed by atoms with Gasteiger partial charge in [0, 0.05) is 13.1 Å². The van der Waals surface area contributed by atoms with E-state index in [-0.39, 0.29) is 23.7 Å². The van der Waals surface area contributed by atoms with E-state index >= 15 is 0 Å². The van der Waals surface area contributed by atoms with Crippen LogP contribution in [0.2, 0.25) is 0 Å². The first-order valence-electron chi connectivity index (χ1n) is 5.87. The highest BCUT2D eigenvalue weighted by atomic mass is 35.5. The van der Waals surface area contributed by atoms with Gasteiger partial charge in [0.2, 0.25) is 5.91 Å². The van der Waals surface area contributed by atoms with Crippen molar-refractivity contribution in [3.05, 3.63) is 0 Å². The van der Waals surface area contributed by atoms with E-state index in [0.717, 1.165) is 32.4 Å². The monoisotopic (exact) mass is 248 g/mol. The van der Waals surface area contributed by atoms with E-state index in [1.807, 2.05) is 11.8 Å². The summed E-state index contributed by atoms with van der Waals surface area (Å²) in [4.78, 5) is 14.1. The van der Waals surface area contributed by atoms with Gasteiger partial charge in [-0.05, 0) is 25.2 Å². The normalized spacial score (nSPS) is 22.4. The summed E-state index contributed by atoms with van der Waals surface area (Å²) >= 11 is 0. The fourth-order valence-corrected chi connectivity index (χ4v) is 2.27. The highest BCUT2D eigenvalue weighted by Gasteiger charge is 2.38. The average molecular weight is 249 g/mol. The Morgan fingerprint density at radius 3 is 2.44 bits per heavy atom. The largest absolute Gasteiger partial charge is 0.341 e. The molecule has 4 heteroatoms. The smallest absolute Gasteiger partial charge is 0.242 e. The topological polar surface area (TPSA) is 46.3 Å². The van der Waals surface area contributed by atoms with E-state index in [1.165, 1.54) is 0 Å². The van der Waals surface area contributed by atoms with Gasteiger partial charge in [-0.15, -0.1) is 12.4 Å². The van der Waals surface area contributed by atoms with E-state index in [4.69, 9.17) is 5.73 Å². The zero-order valence-corrected chi connectivity index (χ0v) is 11.7. The van der Waals surface area contributed by atoms with Crippen LogP contribution in [0.5, 0.6) is 0 Å². The van der Waals surface area contributed by atoms with E-state index in [0.29, 0.717) is 0 Å². The predicted molar refractivity (Wildman–Crippen MR) is 69.7 cm³/mol. The van der Waals surface area contributed by atoms with Gasteiger partial charge in [-0.2, -0.15) is 0 Å². The number of halogens is 1. The third-order valence-electron chi connectivity index (χ3n) is 3.22. The van der Waals surface area contributed by atoms with Crippen molar-refractivity contribution in [1.82, 2.24) is 4.90 Å². The van der Waals surface area contributed by atoms with Crippen LogP contribution in [0.3, 0.4) is 0 Å².